The topological polar surface area (TPSA) is 63.2 Å². The average molecular weight is 267 g/mol. The van der Waals surface area contributed by atoms with Crippen LogP contribution < -0.4 is 4.72 Å². The van der Waals surface area contributed by atoms with Crippen molar-refractivity contribution in [2.24, 2.45) is 0 Å². The number of carbonyl (C=O) groups excluding carboxylic acids is 1. The van der Waals surface area contributed by atoms with Gasteiger partial charge in [0.25, 0.3) is 0 Å². The van der Waals surface area contributed by atoms with Crippen molar-refractivity contribution >= 4 is 16.3 Å². The van der Waals surface area contributed by atoms with E-state index in [1.165, 1.54) is 12.0 Å². The van der Waals surface area contributed by atoms with Crippen LogP contribution in [0.1, 0.15) is 30.4 Å². The Morgan fingerprint density at radius 3 is 2.61 bits per heavy atom. The highest BCUT2D eigenvalue weighted by atomic mass is 32.2. The quantitative estimate of drug-likeness (QED) is 0.648. The predicted molar refractivity (Wildman–Crippen MR) is 69.0 cm³/mol. The minimum absolute atomic E-state index is 0.156. The van der Waals surface area contributed by atoms with E-state index in [-0.39, 0.29) is 13.0 Å². The smallest absolute Gasteiger partial charge is 0.240 e. The highest BCUT2D eigenvalue weighted by molar-refractivity contribution is 7.89. The first-order chi connectivity index (χ1) is 8.63. The Kier molecular flexibility index (Phi) is 4.14. The molecule has 1 N–H and O–H groups in total. The molecule has 2 rings (SSSR count). The van der Waals surface area contributed by atoms with E-state index in [2.05, 4.69) is 4.72 Å². The molecule has 98 valence electrons. The number of aldehydes is 1. The molecule has 1 aromatic rings. The fourth-order valence-electron chi connectivity index (χ4n) is 2.21. The van der Waals surface area contributed by atoms with Crippen molar-refractivity contribution in [2.45, 2.75) is 37.0 Å². The zero-order valence-corrected chi connectivity index (χ0v) is 11.0. The third-order valence-corrected chi connectivity index (χ3v) is 4.64. The standard InChI is InChI=1S/C13H17NO3S/c15-9-3-8-14-18(16,17)13-7-6-11-4-1-2-5-12(11)10-13/h6-7,9-10,14H,1-5,8H2. The number of hydrogen-bond donors (Lipinski definition) is 1. The molecule has 0 atom stereocenters. The van der Waals surface area contributed by atoms with Crippen LogP contribution in [0.3, 0.4) is 0 Å². The van der Waals surface area contributed by atoms with Crippen molar-refractivity contribution in [1.82, 2.24) is 4.72 Å². The fourth-order valence-corrected chi connectivity index (χ4v) is 3.31. The van der Waals surface area contributed by atoms with Gasteiger partial charge < -0.3 is 4.79 Å². The Hall–Kier alpha value is -1.20. The van der Waals surface area contributed by atoms with E-state index in [0.717, 1.165) is 24.8 Å². The van der Waals surface area contributed by atoms with Gasteiger partial charge in [0.1, 0.15) is 6.29 Å². The first kappa shape index (κ1) is 13.2. The molecule has 0 unspecified atom stereocenters. The van der Waals surface area contributed by atoms with Crippen LogP contribution in [0.4, 0.5) is 0 Å². The van der Waals surface area contributed by atoms with Gasteiger partial charge in [0.15, 0.2) is 0 Å². The lowest BCUT2D eigenvalue weighted by Gasteiger charge is -2.16. The average Bonchev–Trinajstić information content (AvgIpc) is 2.38. The number of aryl methyl sites for hydroxylation is 2. The van der Waals surface area contributed by atoms with Gasteiger partial charge in [-0.2, -0.15) is 0 Å². The molecule has 0 heterocycles. The number of sulfonamides is 1. The van der Waals surface area contributed by atoms with Gasteiger partial charge in [-0.05, 0) is 48.9 Å². The fraction of sp³-hybridized carbons (Fsp3) is 0.462. The molecule has 0 fully saturated rings. The molecule has 1 aromatic carbocycles. The second-order valence-corrected chi connectivity index (χ2v) is 6.26. The Balaban J connectivity index is 2.19. The van der Waals surface area contributed by atoms with E-state index in [0.29, 0.717) is 11.2 Å². The summed E-state index contributed by atoms with van der Waals surface area (Å²) in [6, 6.07) is 5.31. The minimum atomic E-state index is -3.47. The van der Waals surface area contributed by atoms with Crippen LogP contribution >= 0.6 is 0 Å². The summed E-state index contributed by atoms with van der Waals surface area (Å²) in [4.78, 5) is 10.5. The first-order valence-electron chi connectivity index (χ1n) is 6.18. The van der Waals surface area contributed by atoms with Crippen LogP contribution in [0.25, 0.3) is 0 Å². The van der Waals surface area contributed by atoms with Gasteiger partial charge in [0.05, 0.1) is 4.90 Å². The van der Waals surface area contributed by atoms with Gasteiger partial charge >= 0.3 is 0 Å². The summed E-state index contributed by atoms with van der Waals surface area (Å²) < 4.78 is 26.4. The summed E-state index contributed by atoms with van der Waals surface area (Å²) in [6.07, 6.45) is 5.19. The Labute approximate surface area is 107 Å². The van der Waals surface area contributed by atoms with Gasteiger partial charge in [-0.1, -0.05) is 6.07 Å². The molecule has 0 radical (unpaired) electrons. The van der Waals surface area contributed by atoms with Gasteiger partial charge in [-0.15, -0.1) is 0 Å². The lowest BCUT2D eigenvalue weighted by atomic mass is 9.92. The number of benzene rings is 1. The Morgan fingerprint density at radius 2 is 1.89 bits per heavy atom. The van der Waals surface area contributed by atoms with Crippen molar-refractivity contribution in [1.29, 1.82) is 0 Å². The van der Waals surface area contributed by atoms with Crippen molar-refractivity contribution in [3.63, 3.8) is 0 Å². The molecule has 0 saturated heterocycles. The number of hydrogen-bond acceptors (Lipinski definition) is 3. The van der Waals surface area contributed by atoms with Crippen molar-refractivity contribution in [3.05, 3.63) is 29.3 Å². The van der Waals surface area contributed by atoms with E-state index in [9.17, 15) is 13.2 Å². The van der Waals surface area contributed by atoms with Crippen LogP contribution in [0.5, 0.6) is 0 Å². The van der Waals surface area contributed by atoms with Gasteiger partial charge in [-0.3, -0.25) is 0 Å². The van der Waals surface area contributed by atoms with Crippen LogP contribution in [0, 0.1) is 0 Å². The SMILES string of the molecule is O=CCCNS(=O)(=O)c1ccc2c(c1)CCCC2. The molecule has 0 aliphatic heterocycles. The molecule has 0 amide bonds. The second kappa shape index (κ2) is 5.63. The zero-order chi connectivity index (χ0) is 13.0. The Morgan fingerprint density at radius 1 is 1.17 bits per heavy atom. The molecule has 18 heavy (non-hydrogen) atoms. The molecule has 4 nitrogen and oxygen atoms in total. The van der Waals surface area contributed by atoms with Gasteiger partial charge in [0.2, 0.25) is 10.0 Å². The largest absolute Gasteiger partial charge is 0.303 e. The van der Waals surface area contributed by atoms with E-state index in [4.69, 9.17) is 0 Å². The molecular weight excluding hydrogens is 250 g/mol. The Bertz CT molecular complexity index is 537. The van der Waals surface area contributed by atoms with E-state index >= 15 is 0 Å². The lowest BCUT2D eigenvalue weighted by molar-refractivity contribution is -0.107. The zero-order valence-electron chi connectivity index (χ0n) is 10.2. The molecule has 0 spiro atoms. The summed E-state index contributed by atoms with van der Waals surface area (Å²) in [7, 11) is -3.47. The highest BCUT2D eigenvalue weighted by Gasteiger charge is 2.16. The number of fused-ring (bicyclic) bond motifs is 1. The van der Waals surface area contributed by atoms with E-state index < -0.39 is 10.0 Å². The number of nitrogens with one attached hydrogen (secondary N) is 1. The maximum Gasteiger partial charge on any atom is 0.240 e. The predicted octanol–water partition coefficient (Wildman–Crippen LogP) is 1.43. The van der Waals surface area contributed by atoms with Crippen LogP contribution in [-0.2, 0) is 27.7 Å². The molecule has 1 aliphatic carbocycles. The lowest BCUT2D eigenvalue weighted by Crippen LogP contribution is -2.25. The van der Waals surface area contributed by atoms with Gasteiger partial charge in [0, 0.05) is 13.0 Å². The molecule has 0 aromatic heterocycles. The van der Waals surface area contributed by atoms with Crippen molar-refractivity contribution in [2.75, 3.05) is 6.54 Å². The third kappa shape index (κ3) is 2.97. The molecule has 0 saturated carbocycles. The minimum Gasteiger partial charge on any atom is -0.303 e. The third-order valence-electron chi connectivity index (χ3n) is 3.18. The van der Waals surface area contributed by atoms with Crippen molar-refractivity contribution < 1.29 is 13.2 Å². The maximum absolute atomic E-state index is 12.0. The van der Waals surface area contributed by atoms with Gasteiger partial charge in [-0.25, -0.2) is 13.1 Å². The molecule has 0 bridgehead atoms. The second-order valence-electron chi connectivity index (χ2n) is 4.49. The summed E-state index contributed by atoms with van der Waals surface area (Å²) in [5.41, 5.74) is 2.40. The summed E-state index contributed by atoms with van der Waals surface area (Å²) in [6.45, 7) is 0.156. The van der Waals surface area contributed by atoms with Crippen LogP contribution in [-0.4, -0.2) is 21.2 Å². The summed E-state index contributed by atoms with van der Waals surface area (Å²) in [5, 5.41) is 0. The normalized spacial score (nSPS) is 15.1. The monoisotopic (exact) mass is 267 g/mol. The molecule has 1 aliphatic rings. The number of carbonyl (C=O) groups is 1. The first-order valence-corrected chi connectivity index (χ1v) is 7.67. The van der Waals surface area contributed by atoms with Crippen LogP contribution in [0.15, 0.2) is 23.1 Å². The molecule has 5 heteroatoms. The summed E-state index contributed by atoms with van der Waals surface area (Å²) >= 11 is 0. The van der Waals surface area contributed by atoms with E-state index in [1.807, 2.05) is 6.07 Å². The van der Waals surface area contributed by atoms with Crippen molar-refractivity contribution in [3.8, 4) is 0 Å². The highest BCUT2D eigenvalue weighted by Crippen LogP contribution is 2.23. The maximum atomic E-state index is 12.0. The summed E-state index contributed by atoms with van der Waals surface area (Å²) in [5.74, 6) is 0. The molecular formula is C13H17NO3S. The van der Waals surface area contributed by atoms with Crippen LogP contribution in [0.2, 0.25) is 0 Å². The van der Waals surface area contributed by atoms with E-state index in [1.54, 1.807) is 12.1 Å². The number of rotatable bonds is 5.